The fourth-order valence-electron chi connectivity index (χ4n) is 1.65. The van der Waals surface area contributed by atoms with Gasteiger partial charge in [-0.3, -0.25) is 0 Å². The lowest BCUT2D eigenvalue weighted by Crippen LogP contribution is -2.50. The van der Waals surface area contributed by atoms with Crippen LogP contribution >= 0.6 is 0 Å². The van der Waals surface area contributed by atoms with Gasteiger partial charge in [-0.1, -0.05) is 0 Å². The van der Waals surface area contributed by atoms with Crippen molar-refractivity contribution >= 4 is 6.09 Å². The van der Waals surface area contributed by atoms with E-state index in [-0.39, 0.29) is 12.1 Å². The van der Waals surface area contributed by atoms with Crippen LogP contribution in [0.1, 0.15) is 27.2 Å². The Hall–Kier alpha value is -0.810. The van der Waals surface area contributed by atoms with Crippen LogP contribution in [0.25, 0.3) is 0 Å². The van der Waals surface area contributed by atoms with E-state index >= 15 is 0 Å². The number of nitrogens with zero attached hydrogens (tertiary/aromatic N) is 1. The summed E-state index contributed by atoms with van der Waals surface area (Å²) in [6.07, 6.45) is 0.480. The van der Waals surface area contributed by atoms with Gasteiger partial charge in [0.15, 0.2) is 0 Å². The summed E-state index contributed by atoms with van der Waals surface area (Å²) in [4.78, 5) is 13.6. The van der Waals surface area contributed by atoms with Crippen molar-refractivity contribution in [3.63, 3.8) is 0 Å². The number of rotatable bonds is 2. The SMILES string of the molecule is CC(C)(C)OC(=O)N1CCOCC1CCN. The van der Waals surface area contributed by atoms with Crippen molar-refractivity contribution in [2.45, 2.75) is 38.8 Å². The molecule has 0 aromatic rings. The van der Waals surface area contributed by atoms with Crippen LogP contribution in [0, 0.1) is 0 Å². The van der Waals surface area contributed by atoms with Crippen LogP contribution in [0.4, 0.5) is 4.79 Å². The second-order valence-corrected chi connectivity index (χ2v) is 4.98. The van der Waals surface area contributed by atoms with Gasteiger partial charge in [-0.15, -0.1) is 0 Å². The lowest BCUT2D eigenvalue weighted by atomic mass is 10.1. The van der Waals surface area contributed by atoms with E-state index < -0.39 is 5.60 Å². The van der Waals surface area contributed by atoms with E-state index in [2.05, 4.69) is 0 Å². The standard InChI is InChI=1S/C11H22N2O3/c1-11(2,3)16-10(14)13-6-7-15-8-9(13)4-5-12/h9H,4-8,12H2,1-3H3. The maximum Gasteiger partial charge on any atom is 0.410 e. The van der Waals surface area contributed by atoms with Crippen molar-refractivity contribution < 1.29 is 14.3 Å². The Morgan fingerprint density at radius 2 is 2.25 bits per heavy atom. The summed E-state index contributed by atoms with van der Waals surface area (Å²) in [7, 11) is 0. The minimum absolute atomic E-state index is 0.0496. The smallest absolute Gasteiger partial charge is 0.410 e. The molecule has 1 amide bonds. The Balaban J connectivity index is 2.57. The van der Waals surface area contributed by atoms with Gasteiger partial charge in [0, 0.05) is 6.54 Å². The monoisotopic (exact) mass is 230 g/mol. The van der Waals surface area contributed by atoms with Gasteiger partial charge in [0.2, 0.25) is 0 Å². The third kappa shape index (κ3) is 3.98. The van der Waals surface area contributed by atoms with Crippen molar-refractivity contribution in [3.05, 3.63) is 0 Å². The molecular weight excluding hydrogens is 208 g/mol. The minimum atomic E-state index is -0.456. The number of carbonyl (C=O) groups excluding carboxylic acids is 1. The topological polar surface area (TPSA) is 64.8 Å². The van der Waals surface area contributed by atoms with Crippen molar-refractivity contribution in [3.8, 4) is 0 Å². The zero-order chi connectivity index (χ0) is 12.2. The zero-order valence-corrected chi connectivity index (χ0v) is 10.4. The van der Waals surface area contributed by atoms with E-state index in [1.807, 2.05) is 20.8 Å². The average molecular weight is 230 g/mol. The Labute approximate surface area is 96.9 Å². The average Bonchev–Trinajstić information content (AvgIpc) is 2.16. The van der Waals surface area contributed by atoms with E-state index in [1.54, 1.807) is 4.90 Å². The third-order valence-corrected chi connectivity index (χ3v) is 2.36. The van der Waals surface area contributed by atoms with Gasteiger partial charge < -0.3 is 20.1 Å². The number of ether oxygens (including phenoxy) is 2. The maximum atomic E-state index is 11.9. The number of morpholine rings is 1. The Bertz CT molecular complexity index is 236. The molecule has 1 rings (SSSR count). The van der Waals surface area contributed by atoms with Crippen molar-refractivity contribution in [2.75, 3.05) is 26.3 Å². The zero-order valence-electron chi connectivity index (χ0n) is 10.4. The van der Waals surface area contributed by atoms with Gasteiger partial charge in [-0.2, -0.15) is 0 Å². The molecule has 5 heteroatoms. The minimum Gasteiger partial charge on any atom is -0.444 e. The summed E-state index contributed by atoms with van der Waals surface area (Å²) in [5.41, 5.74) is 5.06. The molecule has 1 aliphatic heterocycles. The van der Waals surface area contributed by atoms with E-state index in [0.29, 0.717) is 26.3 Å². The lowest BCUT2D eigenvalue weighted by molar-refractivity contribution is -0.0333. The van der Waals surface area contributed by atoms with E-state index in [9.17, 15) is 4.79 Å². The number of nitrogens with two attached hydrogens (primary N) is 1. The fraction of sp³-hybridized carbons (Fsp3) is 0.909. The molecule has 0 aromatic heterocycles. The van der Waals surface area contributed by atoms with Crippen molar-refractivity contribution in [1.29, 1.82) is 0 Å². The summed E-state index contributed by atoms with van der Waals surface area (Å²) in [6, 6.07) is 0.0496. The number of hydrogen-bond donors (Lipinski definition) is 1. The summed E-state index contributed by atoms with van der Waals surface area (Å²) in [5.74, 6) is 0. The lowest BCUT2D eigenvalue weighted by Gasteiger charge is -2.36. The predicted octanol–water partition coefficient (Wildman–Crippen LogP) is 0.971. The van der Waals surface area contributed by atoms with E-state index in [4.69, 9.17) is 15.2 Å². The molecule has 0 bridgehead atoms. The van der Waals surface area contributed by atoms with Crippen LogP contribution in [0.2, 0.25) is 0 Å². The van der Waals surface area contributed by atoms with E-state index in [0.717, 1.165) is 6.42 Å². The van der Waals surface area contributed by atoms with Crippen LogP contribution in [0.15, 0.2) is 0 Å². The van der Waals surface area contributed by atoms with Gasteiger partial charge in [0.05, 0.1) is 19.3 Å². The molecule has 1 heterocycles. The highest BCUT2D eigenvalue weighted by atomic mass is 16.6. The summed E-state index contributed by atoms with van der Waals surface area (Å²) < 4.78 is 10.7. The second kappa shape index (κ2) is 5.50. The highest BCUT2D eigenvalue weighted by Crippen LogP contribution is 2.15. The normalized spacial score (nSPS) is 22.0. The van der Waals surface area contributed by atoms with Crippen LogP contribution < -0.4 is 5.73 Å². The summed E-state index contributed by atoms with van der Waals surface area (Å²) in [5, 5.41) is 0. The molecule has 0 aromatic carbocycles. The number of amides is 1. The molecule has 1 atom stereocenters. The molecule has 16 heavy (non-hydrogen) atoms. The first-order valence-corrected chi connectivity index (χ1v) is 5.71. The molecule has 1 fully saturated rings. The maximum absolute atomic E-state index is 11.9. The van der Waals surface area contributed by atoms with Crippen LogP contribution in [-0.2, 0) is 9.47 Å². The number of hydrogen-bond acceptors (Lipinski definition) is 4. The Morgan fingerprint density at radius 1 is 1.56 bits per heavy atom. The first-order chi connectivity index (χ1) is 7.44. The molecule has 1 saturated heterocycles. The Morgan fingerprint density at radius 3 is 2.81 bits per heavy atom. The van der Waals surface area contributed by atoms with Crippen molar-refractivity contribution in [2.24, 2.45) is 5.73 Å². The molecule has 5 nitrogen and oxygen atoms in total. The molecule has 94 valence electrons. The van der Waals surface area contributed by atoms with Gasteiger partial charge in [-0.25, -0.2) is 4.79 Å². The largest absolute Gasteiger partial charge is 0.444 e. The first kappa shape index (κ1) is 13.3. The molecule has 0 spiro atoms. The van der Waals surface area contributed by atoms with Gasteiger partial charge >= 0.3 is 6.09 Å². The van der Waals surface area contributed by atoms with E-state index in [1.165, 1.54) is 0 Å². The second-order valence-electron chi connectivity index (χ2n) is 4.98. The van der Waals surface area contributed by atoms with Gasteiger partial charge in [0.1, 0.15) is 5.60 Å². The predicted molar refractivity (Wildman–Crippen MR) is 61.2 cm³/mol. The molecule has 0 saturated carbocycles. The molecule has 1 unspecified atom stereocenters. The van der Waals surface area contributed by atoms with Crippen LogP contribution in [-0.4, -0.2) is 48.9 Å². The fourth-order valence-corrected chi connectivity index (χ4v) is 1.65. The first-order valence-electron chi connectivity index (χ1n) is 5.71. The summed E-state index contributed by atoms with van der Waals surface area (Å²) >= 11 is 0. The molecule has 0 aliphatic carbocycles. The third-order valence-electron chi connectivity index (χ3n) is 2.36. The molecule has 1 aliphatic rings. The van der Waals surface area contributed by atoms with Crippen LogP contribution in [0.5, 0.6) is 0 Å². The highest BCUT2D eigenvalue weighted by Gasteiger charge is 2.30. The van der Waals surface area contributed by atoms with Crippen molar-refractivity contribution in [1.82, 2.24) is 4.90 Å². The molecule has 2 N–H and O–H groups in total. The van der Waals surface area contributed by atoms with Gasteiger partial charge in [0.25, 0.3) is 0 Å². The molecule has 0 radical (unpaired) electrons. The summed E-state index contributed by atoms with van der Waals surface area (Å²) in [6.45, 7) is 7.85. The highest BCUT2D eigenvalue weighted by molar-refractivity contribution is 5.68. The van der Waals surface area contributed by atoms with Crippen LogP contribution in [0.3, 0.4) is 0 Å². The Kier molecular flexibility index (Phi) is 4.56. The quantitative estimate of drug-likeness (QED) is 0.767. The number of carbonyl (C=O) groups is 1. The van der Waals surface area contributed by atoms with Gasteiger partial charge in [-0.05, 0) is 33.7 Å². The molecular formula is C11H22N2O3.